The highest BCUT2D eigenvalue weighted by Gasteiger charge is 2.20. The van der Waals surface area contributed by atoms with Gasteiger partial charge in [-0.3, -0.25) is 4.79 Å². The number of aromatic nitrogens is 2. The SMILES string of the molecule is COC(=O)C[C@@H](C)Cc1ccc(-c2cn(C)c(C(C)(C)C)n2)cc1. The topological polar surface area (TPSA) is 44.1 Å². The lowest BCUT2D eigenvalue weighted by Crippen LogP contribution is -2.17. The number of imidazole rings is 1. The van der Waals surface area contributed by atoms with Crippen LogP contribution in [0.4, 0.5) is 0 Å². The molecule has 1 heterocycles. The summed E-state index contributed by atoms with van der Waals surface area (Å²) in [5.41, 5.74) is 3.36. The van der Waals surface area contributed by atoms with Crippen LogP contribution in [0, 0.1) is 5.92 Å². The number of benzene rings is 1. The lowest BCUT2D eigenvalue weighted by Gasteiger charge is -2.17. The molecule has 1 aromatic heterocycles. The average molecular weight is 328 g/mol. The maximum absolute atomic E-state index is 11.3. The number of carbonyl (C=O) groups is 1. The number of nitrogens with zero attached hydrogens (tertiary/aromatic N) is 2. The van der Waals surface area contributed by atoms with Crippen LogP contribution in [-0.4, -0.2) is 22.6 Å². The van der Waals surface area contributed by atoms with Crippen molar-refractivity contribution in [2.45, 2.75) is 46.0 Å². The number of ether oxygens (including phenoxy) is 1. The summed E-state index contributed by atoms with van der Waals surface area (Å²) < 4.78 is 6.83. The first-order chi connectivity index (χ1) is 11.2. The summed E-state index contributed by atoms with van der Waals surface area (Å²) in [6, 6.07) is 8.45. The van der Waals surface area contributed by atoms with Crippen molar-refractivity contribution in [2.75, 3.05) is 7.11 Å². The summed E-state index contributed by atoms with van der Waals surface area (Å²) in [6.45, 7) is 8.58. The lowest BCUT2D eigenvalue weighted by atomic mass is 9.96. The summed E-state index contributed by atoms with van der Waals surface area (Å²) >= 11 is 0. The van der Waals surface area contributed by atoms with Crippen molar-refractivity contribution in [3.05, 3.63) is 41.9 Å². The number of esters is 1. The number of aryl methyl sites for hydroxylation is 1. The molecule has 4 nitrogen and oxygen atoms in total. The van der Waals surface area contributed by atoms with Crippen LogP contribution in [0.5, 0.6) is 0 Å². The van der Waals surface area contributed by atoms with Gasteiger partial charge in [0.15, 0.2) is 0 Å². The van der Waals surface area contributed by atoms with E-state index in [1.165, 1.54) is 12.7 Å². The van der Waals surface area contributed by atoms with Crippen LogP contribution in [0.3, 0.4) is 0 Å². The molecular formula is C20H28N2O2. The second kappa shape index (κ2) is 7.20. The average Bonchev–Trinajstić information content (AvgIpc) is 2.90. The van der Waals surface area contributed by atoms with Crippen LogP contribution in [0.15, 0.2) is 30.5 Å². The van der Waals surface area contributed by atoms with Gasteiger partial charge >= 0.3 is 5.97 Å². The largest absolute Gasteiger partial charge is 0.469 e. The number of methoxy groups -OCH3 is 1. The number of carbonyl (C=O) groups excluding carboxylic acids is 1. The molecule has 0 N–H and O–H groups in total. The van der Waals surface area contributed by atoms with Crippen molar-refractivity contribution in [3.8, 4) is 11.3 Å². The van der Waals surface area contributed by atoms with Crippen molar-refractivity contribution >= 4 is 5.97 Å². The molecule has 4 heteroatoms. The van der Waals surface area contributed by atoms with Gasteiger partial charge in [0.25, 0.3) is 0 Å². The second-order valence-corrected chi connectivity index (χ2v) is 7.60. The maximum atomic E-state index is 11.3. The predicted molar refractivity (Wildman–Crippen MR) is 96.8 cm³/mol. The van der Waals surface area contributed by atoms with Gasteiger partial charge in [0, 0.05) is 30.6 Å². The Labute approximate surface area is 144 Å². The van der Waals surface area contributed by atoms with Gasteiger partial charge in [0.2, 0.25) is 0 Å². The molecule has 0 fully saturated rings. The summed E-state index contributed by atoms with van der Waals surface area (Å²) in [5.74, 6) is 1.20. The molecule has 0 aliphatic carbocycles. The van der Waals surface area contributed by atoms with E-state index in [2.05, 4.69) is 62.7 Å². The van der Waals surface area contributed by atoms with Gasteiger partial charge in [-0.05, 0) is 17.9 Å². The smallest absolute Gasteiger partial charge is 0.305 e. The molecule has 0 amide bonds. The molecule has 0 saturated heterocycles. The third kappa shape index (κ3) is 4.47. The van der Waals surface area contributed by atoms with Gasteiger partial charge in [-0.25, -0.2) is 4.98 Å². The van der Waals surface area contributed by atoms with Crippen LogP contribution in [0.2, 0.25) is 0 Å². The Morgan fingerprint density at radius 3 is 2.38 bits per heavy atom. The van der Waals surface area contributed by atoms with Crippen LogP contribution < -0.4 is 0 Å². The number of hydrogen-bond acceptors (Lipinski definition) is 3. The normalized spacial score (nSPS) is 12.9. The molecule has 0 unspecified atom stereocenters. The fraction of sp³-hybridized carbons (Fsp3) is 0.500. The molecule has 0 radical (unpaired) electrons. The Kier molecular flexibility index (Phi) is 5.47. The Morgan fingerprint density at radius 2 is 1.88 bits per heavy atom. The highest BCUT2D eigenvalue weighted by molar-refractivity contribution is 5.69. The molecule has 0 saturated carbocycles. The molecule has 2 aromatic rings. The highest BCUT2D eigenvalue weighted by atomic mass is 16.5. The Balaban J connectivity index is 2.11. The second-order valence-electron chi connectivity index (χ2n) is 7.60. The van der Waals surface area contributed by atoms with Crippen LogP contribution in [-0.2, 0) is 28.4 Å². The minimum atomic E-state index is -0.151. The fourth-order valence-electron chi connectivity index (χ4n) is 2.96. The third-order valence-corrected chi connectivity index (χ3v) is 4.12. The molecule has 0 aliphatic rings. The van der Waals surface area contributed by atoms with E-state index in [1.54, 1.807) is 0 Å². The molecule has 0 aliphatic heterocycles. The Bertz CT molecular complexity index is 693. The van der Waals surface area contributed by atoms with E-state index in [1.807, 2.05) is 7.05 Å². The minimum absolute atomic E-state index is 0.0241. The minimum Gasteiger partial charge on any atom is -0.469 e. The number of hydrogen-bond donors (Lipinski definition) is 0. The van der Waals surface area contributed by atoms with Crippen molar-refractivity contribution in [3.63, 3.8) is 0 Å². The van der Waals surface area contributed by atoms with Gasteiger partial charge in [-0.2, -0.15) is 0 Å². The Hall–Kier alpha value is -2.10. The summed E-state index contributed by atoms with van der Waals surface area (Å²) in [5, 5.41) is 0. The van der Waals surface area contributed by atoms with Crippen molar-refractivity contribution in [2.24, 2.45) is 13.0 Å². The summed E-state index contributed by atoms with van der Waals surface area (Å²) in [7, 11) is 3.47. The zero-order valence-electron chi connectivity index (χ0n) is 15.6. The molecule has 24 heavy (non-hydrogen) atoms. The number of rotatable bonds is 5. The van der Waals surface area contributed by atoms with E-state index < -0.39 is 0 Å². The first kappa shape index (κ1) is 18.2. The fourth-order valence-corrected chi connectivity index (χ4v) is 2.96. The third-order valence-electron chi connectivity index (χ3n) is 4.12. The quantitative estimate of drug-likeness (QED) is 0.775. The molecular weight excluding hydrogens is 300 g/mol. The van der Waals surface area contributed by atoms with E-state index in [-0.39, 0.29) is 17.3 Å². The van der Waals surface area contributed by atoms with Crippen LogP contribution in [0.25, 0.3) is 11.3 Å². The molecule has 0 bridgehead atoms. The van der Waals surface area contributed by atoms with Crippen molar-refractivity contribution in [1.29, 1.82) is 0 Å². The standard InChI is InChI=1S/C20H28N2O2/c1-14(12-18(23)24-6)11-15-7-9-16(10-8-15)17-13-22(5)19(21-17)20(2,3)4/h7-10,13-14H,11-12H2,1-6H3/t14-/m0/s1. The molecule has 0 spiro atoms. The summed E-state index contributed by atoms with van der Waals surface area (Å²) in [6.07, 6.45) is 3.40. The van der Waals surface area contributed by atoms with Gasteiger partial charge in [0.05, 0.1) is 12.8 Å². The van der Waals surface area contributed by atoms with Gasteiger partial charge in [-0.1, -0.05) is 52.0 Å². The first-order valence-electron chi connectivity index (χ1n) is 8.40. The van der Waals surface area contributed by atoms with Gasteiger partial charge in [-0.15, -0.1) is 0 Å². The van der Waals surface area contributed by atoms with Crippen molar-refractivity contribution in [1.82, 2.24) is 9.55 Å². The van der Waals surface area contributed by atoms with E-state index in [9.17, 15) is 4.79 Å². The van der Waals surface area contributed by atoms with E-state index >= 15 is 0 Å². The van der Waals surface area contributed by atoms with Crippen LogP contribution >= 0.6 is 0 Å². The lowest BCUT2D eigenvalue weighted by molar-refractivity contribution is -0.141. The predicted octanol–water partition coefficient (Wildman–Crippen LogP) is 4.13. The summed E-state index contributed by atoms with van der Waals surface area (Å²) in [4.78, 5) is 16.1. The monoisotopic (exact) mass is 328 g/mol. The maximum Gasteiger partial charge on any atom is 0.305 e. The molecule has 130 valence electrons. The van der Waals surface area contributed by atoms with E-state index in [4.69, 9.17) is 9.72 Å². The molecule has 1 atom stereocenters. The zero-order valence-corrected chi connectivity index (χ0v) is 15.6. The highest BCUT2D eigenvalue weighted by Crippen LogP contribution is 2.26. The molecule has 1 aromatic carbocycles. The van der Waals surface area contributed by atoms with E-state index in [0.29, 0.717) is 6.42 Å². The molecule has 2 rings (SSSR count). The van der Waals surface area contributed by atoms with Crippen molar-refractivity contribution < 1.29 is 9.53 Å². The Morgan fingerprint density at radius 1 is 1.25 bits per heavy atom. The van der Waals surface area contributed by atoms with Crippen LogP contribution in [0.1, 0.15) is 45.5 Å². The zero-order chi connectivity index (χ0) is 17.9. The first-order valence-corrected chi connectivity index (χ1v) is 8.40. The van der Waals surface area contributed by atoms with E-state index in [0.717, 1.165) is 23.5 Å². The van der Waals surface area contributed by atoms with Gasteiger partial charge < -0.3 is 9.30 Å². The van der Waals surface area contributed by atoms with Gasteiger partial charge in [0.1, 0.15) is 5.82 Å².